The van der Waals surface area contributed by atoms with Crippen molar-refractivity contribution >= 4 is 45.1 Å². The Morgan fingerprint density at radius 2 is 1.38 bits per heavy atom. The van der Waals surface area contributed by atoms with Crippen LogP contribution in [0.1, 0.15) is 41.5 Å². The van der Waals surface area contributed by atoms with Crippen LogP contribution < -0.4 is 10.6 Å². The molecule has 34 heavy (non-hydrogen) atoms. The first-order valence-electron chi connectivity index (χ1n) is 10.6. The summed E-state index contributed by atoms with van der Waals surface area (Å²) in [5, 5.41) is 18.3. The molecule has 0 aliphatic rings. The molecule has 2 aromatic carbocycles. The molecule has 2 rings (SSSR count). The molecule has 0 heterocycles. The van der Waals surface area contributed by atoms with Crippen LogP contribution in [-0.4, -0.2) is 58.4 Å². The van der Waals surface area contributed by atoms with Crippen molar-refractivity contribution < 1.29 is 24.3 Å². The first kappa shape index (κ1) is 27.3. The topological polar surface area (TPSA) is 117 Å². The van der Waals surface area contributed by atoms with Gasteiger partial charge >= 0.3 is 5.97 Å². The number of oxime groups is 1. The van der Waals surface area contributed by atoms with Crippen molar-refractivity contribution in [1.82, 2.24) is 10.6 Å². The van der Waals surface area contributed by atoms with Gasteiger partial charge in [-0.2, -0.15) is 0 Å². The molecule has 10 heteroatoms. The van der Waals surface area contributed by atoms with Crippen LogP contribution in [0, 0.1) is 0 Å². The quantitative estimate of drug-likeness (QED) is 0.101. The molecule has 0 aromatic heterocycles. The van der Waals surface area contributed by atoms with Crippen LogP contribution in [0.25, 0.3) is 0 Å². The molecule has 0 fully saturated rings. The molecule has 3 N–H and O–H groups in total. The molecule has 0 aliphatic carbocycles. The van der Waals surface area contributed by atoms with Gasteiger partial charge in [-0.05, 0) is 38.1 Å². The van der Waals surface area contributed by atoms with E-state index in [0.717, 1.165) is 0 Å². The molecule has 0 aliphatic heterocycles. The number of amides is 2. The summed E-state index contributed by atoms with van der Waals surface area (Å²) in [6, 6.07) is 16.7. The number of esters is 1. The second kappa shape index (κ2) is 14.3. The monoisotopic (exact) mass is 503 g/mol. The summed E-state index contributed by atoms with van der Waals surface area (Å²) in [5.74, 6) is -0.0722. The molecule has 3 unspecified atom stereocenters. The minimum atomic E-state index is -0.535. The van der Waals surface area contributed by atoms with Gasteiger partial charge in [-0.25, -0.2) is 0 Å². The highest BCUT2D eigenvalue weighted by Gasteiger charge is 2.24. The Bertz CT molecular complexity index is 973. The number of nitrogens with one attached hydrogen (secondary N) is 2. The predicted octanol–water partition coefficient (Wildman–Crippen LogP) is 3.77. The van der Waals surface area contributed by atoms with E-state index < -0.39 is 24.2 Å². The Kier molecular flexibility index (Phi) is 11.5. The van der Waals surface area contributed by atoms with Gasteiger partial charge in [-0.15, -0.1) is 0 Å². The summed E-state index contributed by atoms with van der Waals surface area (Å²) in [6.07, 6.45) is -0.535. The third-order valence-corrected chi connectivity index (χ3v) is 7.29. The molecule has 182 valence electrons. The first-order valence-corrected chi connectivity index (χ1v) is 13.1. The molecular formula is C24H29N3O5S2. The Hall–Kier alpha value is -2.98. The molecule has 0 spiro atoms. The van der Waals surface area contributed by atoms with E-state index in [9.17, 15) is 19.6 Å². The summed E-state index contributed by atoms with van der Waals surface area (Å²) < 4.78 is 5.30. The third-order valence-electron chi connectivity index (χ3n) is 4.84. The summed E-state index contributed by atoms with van der Waals surface area (Å²) in [6.45, 7) is 4.69. The van der Waals surface area contributed by atoms with E-state index in [0.29, 0.717) is 28.3 Å². The second-order valence-corrected chi connectivity index (χ2v) is 10.0. The number of hydrogen-bond donors (Lipinski definition) is 3. The second-order valence-electron chi connectivity index (χ2n) is 7.46. The van der Waals surface area contributed by atoms with Gasteiger partial charge in [0, 0.05) is 29.6 Å². The van der Waals surface area contributed by atoms with Crippen LogP contribution in [-0.2, 0) is 9.53 Å². The lowest BCUT2D eigenvalue weighted by Crippen LogP contribution is -2.45. The van der Waals surface area contributed by atoms with E-state index in [1.54, 1.807) is 62.4 Å². The summed E-state index contributed by atoms with van der Waals surface area (Å²) in [7, 11) is 2.90. The molecule has 0 bridgehead atoms. The Morgan fingerprint density at radius 3 is 1.88 bits per heavy atom. The van der Waals surface area contributed by atoms with E-state index in [4.69, 9.17) is 4.74 Å². The maximum absolute atomic E-state index is 12.6. The Balaban J connectivity index is 1.96. The SMILES string of the molecule is CC(=O)OC(C)C(CSSCC(NC(=O)c1ccccc1)C(C)=NO)NC(=O)c1ccccc1. The average Bonchev–Trinajstić information content (AvgIpc) is 2.84. The summed E-state index contributed by atoms with van der Waals surface area (Å²) >= 11 is 0. The van der Waals surface area contributed by atoms with Gasteiger partial charge in [0.15, 0.2) is 0 Å². The van der Waals surface area contributed by atoms with Crippen molar-refractivity contribution in [2.24, 2.45) is 5.16 Å². The number of carbonyl (C=O) groups is 3. The minimum absolute atomic E-state index is 0.258. The van der Waals surface area contributed by atoms with Gasteiger partial charge in [0.25, 0.3) is 11.8 Å². The first-order chi connectivity index (χ1) is 16.3. The van der Waals surface area contributed by atoms with E-state index in [-0.39, 0.29) is 11.8 Å². The minimum Gasteiger partial charge on any atom is -0.461 e. The lowest BCUT2D eigenvalue weighted by Gasteiger charge is -2.25. The standard InChI is InChI=1S/C24H29N3O5S2/c1-16(27-31)21(25-23(29)19-10-6-4-7-11-19)14-33-34-15-22(17(2)32-18(3)28)26-24(30)20-12-8-5-9-13-20/h4-13,17,21-22,31H,14-15H2,1-3H3,(H,25,29)(H,26,30). The van der Waals surface area contributed by atoms with Gasteiger partial charge in [0.1, 0.15) is 6.10 Å². The zero-order valence-electron chi connectivity index (χ0n) is 19.3. The van der Waals surface area contributed by atoms with Crippen LogP contribution in [0.2, 0.25) is 0 Å². The Labute approximate surface area is 207 Å². The number of hydrogen-bond acceptors (Lipinski definition) is 8. The molecule has 0 saturated heterocycles. The van der Waals surface area contributed by atoms with E-state index in [1.165, 1.54) is 28.5 Å². The van der Waals surface area contributed by atoms with Crippen LogP contribution in [0.5, 0.6) is 0 Å². The fraction of sp³-hybridized carbons (Fsp3) is 0.333. The van der Waals surface area contributed by atoms with Crippen molar-refractivity contribution in [3.05, 3.63) is 71.8 Å². The molecule has 3 atom stereocenters. The van der Waals surface area contributed by atoms with Gasteiger partial charge in [0.2, 0.25) is 0 Å². The summed E-state index contributed by atoms with van der Waals surface area (Å²) in [4.78, 5) is 36.6. The molecule has 2 aromatic rings. The number of nitrogens with zero attached hydrogens (tertiary/aromatic N) is 1. The molecule has 0 saturated carbocycles. The van der Waals surface area contributed by atoms with Crippen molar-refractivity contribution in [3.63, 3.8) is 0 Å². The number of rotatable bonds is 12. The predicted molar refractivity (Wildman–Crippen MR) is 136 cm³/mol. The highest BCUT2D eigenvalue weighted by Crippen LogP contribution is 2.25. The van der Waals surface area contributed by atoms with Crippen molar-refractivity contribution in [2.45, 2.75) is 39.0 Å². The van der Waals surface area contributed by atoms with E-state index in [2.05, 4.69) is 15.8 Å². The molecule has 2 amide bonds. The van der Waals surface area contributed by atoms with Crippen LogP contribution in [0.3, 0.4) is 0 Å². The maximum atomic E-state index is 12.6. The lowest BCUT2D eigenvalue weighted by atomic mass is 10.1. The van der Waals surface area contributed by atoms with Crippen LogP contribution in [0.4, 0.5) is 0 Å². The fourth-order valence-corrected chi connectivity index (χ4v) is 5.46. The molecular weight excluding hydrogens is 474 g/mol. The number of carbonyl (C=O) groups excluding carboxylic acids is 3. The maximum Gasteiger partial charge on any atom is 0.302 e. The normalized spacial score (nSPS) is 13.9. The van der Waals surface area contributed by atoms with Crippen molar-refractivity contribution in [1.29, 1.82) is 0 Å². The highest BCUT2D eigenvalue weighted by atomic mass is 33.1. The zero-order chi connectivity index (χ0) is 24.9. The lowest BCUT2D eigenvalue weighted by molar-refractivity contribution is -0.146. The van der Waals surface area contributed by atoms with Gasteiger partial charge in [0.05, 0.1) is 17.8 Å². The number of benzene rings is 2. The van der Waals surface area contributed by atoms with E-state index >= 15 is 0 Å². The van der Waals surface area contributed by atoms with Crippen molar-refractivity contribution in [3.8, 4) is 0 Å². The molecule has 0 radical (unpaired) electrons. The van der Waals surface area contributed by atoms with Gasteiger partial charge in [-0.3, -0.25) is 14.4 Å². The van der Waals surface area contributed by atoms with Crippen LogP contribution >= 0.6 is 21.6 Å². The average molecular weight is 504 g/mol. The van der Waals surface area contributed by atoms with Gasteiger partial charge < -0.3 is 20.6 Å². The smallest absolute Gasteiger partial charge is 0.302 e. The van der Waals surface area contributed by atoms with Crippen LogP contribution in [0.15, 0.2) is 65.8 Å². The van der Waals surface area contributed by atoms with E-state index in [1.807, 2.05) is 12.1 Å². The number of ether oxygens (including phenoxy) is 1. The summed E-state index contributed by atoms with van der Waals surface area (Å²) in [5.41, 5.74) is 1.40. The van der Waals surface area contributed by atoms with Gasteiger partial charge in [-0.1, -0.05) is 63.1 Å². The Morgan fingerprint density at radius 1 is 0.882 bits per heavy atom. The molecule has 8 nitrogen and oxygen atoms in total. The third kappa shape index (κ3) is 9.11. The van der Waals surface area contributed by atoms with Crippen molar-refractivity contribution in [2.75, 3.05) is 11.5 Å². The largest absolute Gasteiger partial charge is 0.461 e. The fourth-order valence-electron chi connectivity index (χ4n) is 2.88. The highest BCUT2D eigenvalue weighted by molar-refractivity contribution is 8.76. The zero-order valence-corrected chi connectivity index (χ0v) is 20.9.